The van der Waals surface area contributed by atoms with Gasteiger partial charge in [-0.3, -0.25) is 4.98 Å². The number of hydrogen-bond acceptors (Lipinski definition) is 5. The van der Waals surface area contributed by atoms with E-state index in [0.717, 1.165) is 16.8 Å². The molecule has 0 radical (unpaired) electrons. The first-order valence-electron chi connectivity index (χ1n) is 12.2. The topological polar surface area (TPSA) is 108 Å². The second-order valence-electron chi connectivity index (χ2n) is 10.7. The van der Waals surface area contributed by atoms with Crippen LogP contribution >= 0.6 is 0 Å². The number of nitrogens with zero attached hydrogens (tertiary/aromatic N) is 3. The Morgan fingerprint density at radius 3 is 2.41 bits per heavy atom. The average Bonchev–Trinajstić information content (AvgIpc) is 3.15. The van der Waals surface area contributed by atoms with E-state index < -0.39 is 43.6 Å². The normalized spacial score (nSPS) is 29.7. The lowest BCUT2D eigenvalue weighted by molar-refractivity contribution is -0.0649. The van der Waals surface area contributed by atoms with E-state index >= 15 is 8.78 Å². The number of aromatic amines is 1. The van der Waals surface area contributed by atoms with Crippen LogP contribution in [-0.2, 0) is 29.0 Å². The fourth-order valence-corrected chi connectivity index (χ4v) is 8.14. The molecule has 2 fully saturated rings. The highest BCUT2D eigenvalue weighted by Crippen LogP contribution is 2.54. The van der Waals surface area contributed by atoms with Crippen LogP contribution in [0.5, 0.6) is 0 Å². The predicted octanol–water partition coefficient (Wildman–Crippen LogP) is 3.27. The van der Waals surface area contributed by atoms with Crippen molar-refractivity contribution in [2.75, 3.05) is 0 Å². The fourth-order valence-electron chi connectivity index (χ4n) is 5.95. The molecule has 11 heteroatoms. The molecule has 0 spiro atoms. The molecule has 198 valence electrons. The predicted molar refractivity (Wildman–Crippen MR) is 133 cm³/mol. The largest absolute Gasteiger partial charge is 0.390 e. The van der Waals surface area contributed by atoms with Gasteiger partial charge in [-0.2, -0.15) is 9.40 Å². The lowest BCUT2D eigenvalue weighted by Gasteiger charge is -2.50. The molecule has 2 atom stereocenters. The molecular formula is C26H30F2N4O4S. The van der Waals surface area contributed by atoms with Gasteiger partial charge >= 0.3 is 5.69 Å². The summed E-state index contributed by atoms with van der Waals surface area (Å²) in [5.41, 5.74) is -2.30. The molecule has 5 rings (SSSR count). The molecule has 1 aliphatic carbocycles. The molecule has 0 unspecified atom stereocenters. The van der Waals surface area contributed by atoms with Crippen LogP contribution in [0.15, 0.2) is 47.3 Å². The minimum absolute atomic E-state index is 0.0358. The molecule has 0 bridgehead atoms. The smallest absolute Gasteiger partial charge is 0.343 e. The standard InChI is InChI=1S/C26H30F2N4O4S/c1-16-9-10-22(17-7-5-4-6-8-17)37(35,36)32(16)13-18-11-21(28)19(12-20(18)27)26(14-25(2,34)15-26)23-29-24(33)31(3)30-23/h4-8,11-12,16,22,34H,9-10,13-15H2,1-3H3,(H,29,30,33)/t16-,22+,25?,26?/m0/s1. The van der Waals surface area contributed by atoms with E-state index in [2.05, 4.69) is 10.1 Å². The van der Waals surface area contributed by atoms with E-state index in [9.17, 15) is 18.3 Å². The number of H-pyrrole nitrogens is 1. The number of aryl methyl sites for hydroxylation is 1. The van der Waals surface area contributed by atoms with E-state index in [4.69, 9.17) is 0 Å². The second kappa shape index (κ2) is 8.85. The highest BCUT2D eigenvalue weighted by Gasteiger charge is 2.56. The Balaban J connectivity index is 1.50. The summed E-state index contributed by atoms with van der Waals surface area (Å²) >= 11 is 0. The number of aromatic nitrogens is 3. The van der Waals surface area contributed by atoms with Gasteiger partial charge in [0.1, 0.15) is 22.7 Å². The van der Waals surface area contributed by atoms with Gasteiger partial charge in [0.25, 0.3) is 0 Å². The molecule has 1 saturated carbocycles. The van der Waals surface area contributed by atoms with Gasteiger partial charge in [0.05, 0.1) is 11.0 Å². The van der Waals surface area contributed by atoms with Gasteiger partial charge in [-0.05, 0) is 57.2 Å². The van der Waals surface area contributed by atoms with Crippen LogP contribution in [0.1, 0.15) is 67.3 Å². The Labute approximate surface area is 214 Å². The first-order chi connectivity index (χ1) is 17.3. The van der Waals surface area contributed by atoms with Crippen LogP contribution in [0.25, 0.3) is 0 Å². The average molecular weight is 533 g/mol. The first-order valence-corrected chi connectivity index (χ1v) is 13.7. The highest BCUT2D eigenvalue weighted by molar-refractivity contribution is 7.89. The molecular weight excluding hydrogens is 502 g/mol. The van der Waals surface area contributed by atoms with Gasteiger partial charge < -0.3 is 5.11 Å². The van der Waals surface area contributed by atoms with Crippen molar-refractivity contribution in [3.05, 3.63) is 87.1 Å². The molecule has 3 aromatic rings. The summed E-state index contributed by atoms with van der Waals surface area (Å²) in [4.78, 5) is 14.6. The third-order valence-electron chi connectivity index (χ3n) is 7.76. The van der Waals surface area contributed by atoms with Gasteiger partial charge in [-0.25, -0.2) is 26.7 Å². The van der Waals surface area contributed by atoms with Crippen LogP contribution in [0.4, 0.5) is 8.78 Å². The molecule has 1 saturated heterocycles. The van der Waals surface area contributed by atoms with Crippen LogP contribution in [-0.4, -0.2) is 44.2 Å². The van der Waals surface area contributed by atoms with Gasteiger partial charge in [0, 0.05) is 30.8 Å². The number of aliphatic hydroxyl groups is 1. The van der Waals surface area contributed by atoms with Crippen molar-refractivity contribution in [1.29, 1.82) is 0 Å². The minimum Gasteiger partial charge on any atom is -0.390 e. The quantitative estimate of drug-likeness (QED) is 0.525. The lowest BCUT2D eigenvalue weighted by Crippen LogP contribution is -2.54. The third kappa shape index (κ3) is 4.32. The van der Waals surface area contributed by atoms with Crippen molar-refractivity contribution in [3.63, 3.8) is 0 Å². The molecule has 2 aliphatic rings. The Hall–Kier alpha value is -2.89. The maximum absolute atomic E-state index is 15.6. The Bertz CT molecular complexity index is 1490. The van der Waals surface area contributed by atoms with Crippen LogP contribution in [0, 0.1) is 11.6 Å². The summed E-state index contributed by atoms with van der Waals surface area (Å²) < 4.78 is 60.5. The molecule has 2 aromatic carbocycles. The van der Waals surface area contributed by atoms with Crippen molar-refractivity contribution < 1.29 is 22.3 Å². The summed E-state index contributed by atoms with van der Waals surface area (Å²) in [6.07, 6.45) is 1.12. The zero-order valence-corrected chi connectivity index (χ0v) is 21.7. The Morgan fingerprint density at radius 2 is 1.81 bits per heavy atom. The summed E-state index contributed by atoms with van der Waals surface area (Å²) in [6, 6.07) is 10.6. The Kier molecular flexibility index (Phi) is 6.16. The Morgan fingerprint density at radius 1 is 1.14 bits per heavy atom. The summed E-state index contributed by atoms with van der Waals surface area (Å²) in [6.45, 7) is 3.05. The number of benzene rings is 2. The van der Waals surface area contributed by atoms with Crippen molar-refractivity contribution in [2.24, 2.45) is 7.05 Å². The molecule has 0 amide bonds. The SMILES string of the molecule is C[C@H]1CC[C@H](c2ccccc2)S(=O)(=O)N1Cc1cc(F)c(C2(c3nn(C)c(=O)[nH]3)CC(C)(O)C2)cc1F. The minimum atomic E-state index is -3.83. The third-order valence-corrected chi connectivity index (χ3v) is 10.1. The zero-order chi connectivity index (χ0) is 26.8. The van der Waals surface area contributed by atoms with Crippen LogP contribution < -0.4 is 5.69 Å². The van der Waals surface area contributed by atoms with Crippen molar-refractivity contribution in [3.8, 4) is 0 Å². The van der Waals surface area contributed by atoms with Gasteiger partial charge in [0.2, 0.25) is 10.0 Å². The van der Waals surface area contributed by atoms with Crippen molar-refractivity contribution in [2.45, 2.75) is 68.4 Å². The second-order valence-corrected chi connectivity index (χ2v) is 12.7. The molecule has 2 N–H and O–H groups in total. The van der Waals surface area contributed by atoms with E-state index in [1.54, 1.807) is 38.1 Å². The summed E-state index contributed by atoms with van der Waals surface area (Å²) in [7, 11) is -2.39. The molecule has 37 heavy (non-hydrogen) atoms. The van der Waals surface area contributed by atoms with Crippen molar-refractivity contribution in [1.82, 2.24) is 19.1 Å². The van der Waals surface area contributed by atoms with E-state index in [1.165, 1.54) is 11.4 Å². The molecule has 8 nitrogen and oxygen atoms in total. The number of sulfonamides is 1. The van der Waals surface area contributed by atoms with Crippen LogP contribution in [0.2, 0.25) is 0 Å². The van der Waals surface area contributed by atoms with E-state index in [1.807, 2.05) is 6.07 Å². The number of rotatable bonds is 5. The van der Waals surface area contributed by atoms with Gasteiger partial charge in [-0.1, -0.05) is 30.3 Å². The monoisotopic (exact) mass is 532 g/mol. The maximum Gasteiger partial charge on any atom is 0.343 e. The molecule has 2 heterocycles. The summed E-state index contributed by atoms with van der Waals surface area (Å²) in [5, 5.41) is 13.9. The van der Waals surface area contributed by atoms with Crippen LogP contribution in [0.3, 0.4) is 0 Å². The zero-order valence-electron chi connectivity index (χ0n) is 20.9. The van der Waals surface area contributed by atoms with Gasteiger partial charge in [-0.15, -0.1) is 0 Å². The summed E-state index contributed by atoms with van der Waals surface area (Å²) in [5.74, 6) is -1.36. The molecule has 1 aliphatic heterocycles. The van der Waals surface area contributed by atoms with Crippen molar-refractivity contribution >= 4 is 10.0 Å². The fraction of sp³-hybridized carbons (Fsp3) is 0.462. The number of hydrogen-bond donors (Lipinski definition) is 2. The lowest BCUT2D eigenvalue weighted by atomic mass is 9.56. The highest BCUT2D eigenvalue weighted by atomic mass is 32.2. The van der Waals surface area contributed by atoms with E-state index in [0.29, 0.717) is 18.4 Å². The van der Waals surface area contributed by atoms with E-state index in [-0.39, 0.29) is 42.4 Å². The first kappa shape index (κ1) is 25.7. The maximum atomic E-state index is 15.6. The molecule has 1 aromatic heterocycles. The number of nitrogens with one attached hydrogen (secondary N) is 1. The number of halogens is 2. The van der Waals surface area contributed by atoms with Gasteiger partial charge in [0.15, 0.2) is 0 Å².